The maximum atomic E-state index is 6.12. The van der Waals surface area contributed by atoms with E-state index in [1.54, 1.807) is 0 Å². The van der Waals surface area contributed by atoms with Crippen molar-refractivity contribution in [3.63, 3.8) is 0 Å². The van der Waals surface area contributed by atoms with Crippen molar-refractivity contribution in [2.45, 2.75) is 26.0 Å². The molecule has 23 heavy (non-hydrogen) atoms. The Hall–Kier alpha value is -1.84. The smallest absolute Gasteiger partial charge is 0.124 e. The zero-order valence-electron chi connectivity index (χ0n) is 14.7. The maximum absolute atomic E-state index is 6.12. The van der Waals surface area contributed by atoms with Crippen LogP contribution >= 0.6 is 0 Å². The van der Waals surface area contributed by atoms with Gasteiger partial charge >= 0.3 is 0 Å². The van der Waals surface area contributed by atoms with E-state index in [0.717, 1.165) is 18.8 Å². The normalized spacial score (nSPS) is 11.7. The molecular weight excluding hydrogens is 284 g/mol. The molecule has 0 heterocycles. The largest absolute Gasteiger partial charge is 0.489 e. The number of para-hydroxylation sites is 1. The van der Waals surface area contributed by atoms with Crippen molar-refractivity contribution in [3.05, 3.63) is 65.7 Å². The molecule has 124 valence electrons. The Balaban J connectivity index is 2.16. The Bertz CT molecular complexity index is 596. The molecule has 0 saturated heterocycles. The summed E-state index contributed by atoms with van der Waals surface area (Å²) in [7, 11) is 4.14. The van der Waals surface area contributed by atoms with Crippen LogP contribution in [0.1, 0.15) is 25.0 Å². The van der Waals surface area contributed by atoms with Gasteiger partial charge in [0.1, 0.15) is 12.4 Å². The van der Waals surface area contributed by atoms with E-state index in [1.165, 1.54) is 11.1 Å². The van der Waals surface area contributed by atoms with E-state index in [4.69, 9.17) is 4.74 Å². The van der Waals surface area contributed by atoms with Crippen LogP contribution in [0.3, 0.4) is 0 Å². The van der Waals surface area contributed by atoms with Gasteiger partial charge in [-0.1, -0.05) is 48.5 Å². The minimum Gasteiger partial charge on any atom is -0.489 e. The topological polar surface area (TPSA) is 24.5 Å². The summed E-state index contributed by atoms with van der Waals surface area (Å²) in [5.41, 5.74) is 2.31. The van der Waals surface area contributed by atoms with Crippen LogP contribution < -0.4 is 10.1 Å². The molecule has 0 aromatic heterocycles. The molecule has 0 spiro atoms. The summed E-state index contributed by atoms with van der Waals surface area (Å²) in [4.78, 5) is 2.36. The lowest BCUT2D eigenvalue weighted by atomic mass is 9.91. The van der Waals surface area contributed by atoms with Gasteiger partial charge in [0.2, 0.25) is 0 Å². The molecule has 3 heteroatoms. The Labute approximate surface area is 140 Å². The van der Waals surface area contributed by atoms with Crippen LogP contribution in [0.4, 0.5) is 0 Å². The van der Waals surface area contributed by atoms with Gasteiger partial charge in [0.05, 0.1) is 0 Å². The molecule has 2 rings (SSSR count). The second-order valence-corrected chi connectivity index (χ2v) is 6.35. The Morgan fingerprint density at radius 3 is 2.35 bits per heavy atom. The van der Waals surface area contributed by atoms with Crippen LogP contribution in [0, 0.1) is 0 Å². The minimum atomic E-state index is -0.0931. The number of likely N-dealkylation sites (N-methyl/N-ethyl adjacent to an activating group) is 2. The molecule has 0 amide bonds. The third-order valence-corrected chi connectivity index (χ3v) is 4.43. The lowest BCUT2D eigenvalue weighted by molar-refractivity contribution is 0.152. The average molecular weight is 312 g/mol. The number of rotatable bonds is 8. The molecule has 0 aliphatic carbocycles. The fourth-order valence-electron chi connectivity index (χ4n) is 2.60. The zero-order valence-corrected chi connectivity index (χ0v) is 14.7. The highest BCUT2D eigenvalue weighted by Gasteiger charge is 2.28. The van der Waals surface area contributed by atoms with E-state index in [2.05, 4.69) is 61.4 Å². The van der Waals surface area contributed by atoms with Crippen molar-refractivity contribution >= 4 is 0 Å². The highest BCUT2D eigenvalue weighted by molar-refractivity contribution is 5.38. The Morgan fingerprint density at radius 1 is 1.00 bits per heavy atom. The van der Waals surface area contributed by atoms with Crippen molar-refractivity contribution in [2.75, 3.05) is 27.2 Å². The van der Waals surface area contributed by atoms with E-state index in [9.17, 15) is 0 Å². The molecule has 0 bridgehead atoms. The van der Waals surface area contributed by atoms with Crippen molar-refractivity contribution in [1.82, 2.24) is 10.2 Å². The van der Waals surface area contributed by atoms with Gasteiger partial charge in [-0.25, -0.2) is 0 Å². The average Bonchev–Trinajstić information content (AvgIpc) is 2.59. The Morgan fingerprint density at radius 2 is 1.65 bits per heavy atom. The third-order valence-electron chi connectivity index (χ3n) is 4.43. The molecule has 0 aliphatic heterocycles. The first-order valence-electron chi connectivity index (χ1n) is 8.17. The van der Waals surface area contributed by atoms with Gasteiger partial charge in [-0.15, -0.1) is 0 Å². The lowest BCUT2D eigenvalue weighted by Gasteiger charge is -2.37. The van der Waals surface area contributed by atoms with Gasteiger partial charge in [0, 0.05) is 24.2 Å². The number of ether oxygens (including phenoxy) is 1. The number of hydrogen-bond donors (Lipinski definition) is 1. The predicted molar refractivity (Wildman–Crippen MR) is 96.8 cm³/mol. The lowest BCUT2D eigenvalue weighted by Crippen LogP contribution is -2.42. The van der Waals surface area contributed by atoms with Gasteiger partial charge in [0.25, 0.3) is 0 Å². The van der Waals surface area contributed by atoms with E-state index in [1.807, 2.05) is 31.3 Å². The fourth-order valence-corrected chi connectivity index (χ4v) is 2.60. The molecule has 0 unspecified atom stereocenters. The Kier molecular flexibility index (Phi) is 6.20. The zero-order chi connectivity index (χ0) is 16.7. The van der Waals surface area contributed by atoms with Gasteiger partial charge < -0.3 is 10.1 Å². The summed E-state index contributed by atoms with van der Waals surface area (Å²) in [6, 6.07) is 18.6. The summed E-state index contributed by atoms with van der Waals surface area (Å²) < 4.78 is 6.12. The highest BCUT2D eigenvalue weighted by atomic mass is 16.5. The van der Waals surface area contributed by atoms with Gasteiger partial charge in [-0.05, 0) is 39.6 Å². The van der Waals surface area contributed by atoms with Crippen LogP contribution in [-0.2, 0) is 12.1 Å². The first-order valence-corrected chi connectivity index (χ1v) is 8.17. The molecule has 1 N–H and O–H groups in total. The van der Waals surface area contributed by atoms with Crippen molar-refractivity contribution in [1.29, 1.82) is 0 Å². The van der Waals surface area contributed by atoms with Crippen LogP contribution in [-0.4, -0.2) is 32.1 Å². The number of nitrogens with one attached hydrogen (secondary N) is 1. The monoisotopic (exact) mass is 312 g/mol. The SMILES string of the molecule is CNCCN(C)C(C)(C)c1ccccc1OCc1ccccc1. The van der Waals surface area contributed by atoms with Crippen LogP contribution in [0.15, 0.2) is 54.6 Å². The van der Waals surface area contributed by atoms with Gasteiger partial charge in [0.15, 0.2) is 0 Å². The number of hydrogen-bond acceptors (Lipinski definition) is 3. The molecule has 3 nitrogen and oxygen atoms in total. The predicted octanol–water partition coefficient (Wildman–Crippen LogP) is 3.65. The second-order valence-electron chi connectivity index (χ2n) is 6.35. The van der Waals surface area contributed by atoms with Crippen LogP contribution in [0.25, 0.3) is 0 Å². The van der Waals surface area contributed by atoms with Crippen molar-refractivity contribution < 1.29 is 4.74 Å². The molecule has 0 aliphatic rings. The first-order chi connectivity index (χ1) is 11.1. The summed E-state index contributed by atoms with van der Waals surface area (Å²) in [5.74, 6) is 0.956. The van der Waals surface area contributed by atoms with E-state index in [-0.39, 0.29) is 5.54 Å². The highest BCUT2D eigenvalue weighted by Crippen LogP contribution is 2.34. The summed E-state index contributed by atoms with van der Waals surface area (Å²) in [6.07, 6.45) is 0. The molecule has 2 aromatic rings. The summed E-state index contributed by atoms with van der Waals surface area (Å²) >= 11 is 0. The molecule has 0 saturated carbocycles. The first kappa shape index (κ1) is 17.5. The van der Waals surface area contributed by atoms with E-state index >= 15 is 0 Å². The van der Waals surface area contributed by atoms with Gasteiger partial charge in [-0.2, -0.15) is 0 Å². The van der Waals surface area contributed by atoms with Crippen LogP contribution in [0.5, 0.6) is 5.75 Å². The summed E-state index contributed by atoms with van der Waals surface area (Å²) in [5, 5.41) is 3.21. The molecule has 0 fully saturated rings. The standard InChI is InChI=1S/C20H28N2O/c1-20(2,22(4)15-14-21-3)18-12-8-9-13-19(18)23-16-17-10-6-5-7-11-17/h5-13,21H,14-16H2,1-4H3. The van der Waals surface area contributed by atoms with E-state index < -0.39 is 0 Å². The van der Waals surface area contributed by atoms with Crippen LogP contribution in [0.2, 0.25) is 0 Å². The van der Waals surface area contributed by atoms with Gasteiger partial charge in [-0.3, -0.25) is 4.90 Å². The van der Waals surface area contributed by atoms with E-state index in [0.29, 0.717) is 6.61 Å². The molecule has 0 atom stereocenters. The molecular formula is C20H28N2O. The fraction of sp³-hybridized carbons (Fsp3) is 0.400. The van der Waals surface area contributed by atoms with Crippen molar-refractivity contribution in [3.8, 4) is 5.75 Å². The molecule has 0 radical (unpaired) electrons. The van der Waals surface area contributed by atoms with Crippen molar-refractivity contribution in [2.24, 2.45) is 0 Å². The number of nitrogens with zero attached hydrogens (tertiary/aromatic N) is 1. The minimum absolute atomic E-state index is 0.0931. The third kappa shape index (κ3) is 4.57. The maximum Gasteiger partial charge on any atom is 0.124 e. The number of benzene rings is 2. The quantitative estimate of drug-likeness (QED) is 0.805. The molecule has 2 aromatic carbocycles. The second kappa shape index (κ2) is 8.14. The summed E-state index contributed by atoms with van der Waals surface area (Å²) in [6.45, 7) is 7.03.